The average molecular weight is 330 g/mol. The second-order valence-electron chi connectivity index (χ2n) is 5.04. The SMILES string of the molecule is O=C1OC(CCc2ccccc2F)=N/C1=C\c1ccccc1Cl. The van der Waals surface area contributed by atoms with E-state index in [2.05, 4.69) is 4.99 Å². The number of halogens is 2. The second kappa shape index (κ2) is 6.75. The monoisotopic (exact) mass is 329 g/mol. The van der Waals surface area contributed by atoms with Crippen molar-refractivity contribution in [2.75, 3.05) is 0 Å². The summed E-state index contributed by atoms with van der Waals surface area (Å²) in [5, 5.41) is 0.530. The number of ether oxygens (including phenoxy) is 1. The van der Waals surface area contributed by atoms with E-state index in [1.165, 1.54) is 6.07 Å². The molecule has 3 nitrogen and oxygen atoms in total. The van der Waals surface area contributed by atoms with Crippen LogP contribution in [0.1, 0.15) is 17.5 Å². The Kier molecular flexibility index (Phi) is 4.53. The molecule has 2 aromatic rings. The first-order chi connectivity index (χ1) is 11.1. The molecule has 23 heavy (non-hydrogen) atoms. The summed E-state index contributed by atoms with van der Waals surface area (Å²) in [6.45, 7) is 0. The predicted octanol–water partition coefficient (Wildman–Crippen LogP) is 4.41. The maximum Gasteiger partial charge on any atom is 0.363 e. The summed E-state index contributed by atoms with van der Waals surface area (Å²) in [4.78, 5) is 16.0. The second-order valence-corrected chi connectivity index (χ2v) is 5.44. The zero-order chi connectivity index (χ0) is 16.2. The highest BCUT2D eigenvalue weighted by Gasteiger charge is 2.23. The molecule has 0 amide bonds. The molecule has 0 unspecified atom stereocenters. The van der Waals surface area contributed by atoms with Crippen LogP contribution in [0.3, 0.4) is 0 Å². The van der Waals surface area contributed by atoms with Crippen molar-refractivity contribution in [3.8, 4) is 0 Å². The Morgan fingerprint density at radius 3 is 2.61 bits per heavy atom. The van der Waals surface area contributed by atoms with E-state index < -0.39 is 5.97 Å². The van der Waals surface area contributed by atoms with Gasteiger partial charge in [-0.2, -0.15) is 0 Å². The van der Waals surface area contributed by atoms with E-state index in [1.54, 1.807) is 42.5 Å². The van der Waals surface area contributed by atoms with E-state index in [-0.39, 0.29) is 17.4 Å². The minimum Gasteiger partial charge on any atom is -0.407 e. The number of benzene rings is 2. The summed E-state index contributed by atoms with van der Waals surface area (Å²) in [5.74, 6) is -0.505. The molecule has 1 heterocycles. The number of hydrogen-bond donors (Lipinski definition) is 0. The molecule has 0 atom stereocenters. The normalized spacial score (nSPS) is 15.7. The molecule has 1 aliphatic rings. The summed E-state index contributed by atoms with van der Waals surface area (Å²) < 4.78 is 18.7. The molecule has 5 heteroatoms. The molecule has 0 bridgehead atoms. The smallest absolute Gasteiger partial charge is 0.363 e. The minimum atomic E-state index is -0.520. The van der Waals surface area contributed by atoms with Crippen LogP contribution in [-0.4, -0.2) is 11.9 Å². The summed E-state index contributed by atoms with van der Waals surface area (Å²) in [5.41, 5.74) is 1.46. The van der Waals surface area contributed by atoms with Crippen LogP contribution in [0.5, 0.6) is 0 Å². The molecule has 0 saturated heterocycles. The van der Waals surface area contributed by atoms with E-state index in [4.69, 9.17) is 16.3 Å². The van der Waals surface area contributed by atoms with Crippen molar-refractivity contribution >= 4 is 29.5 Å². The number of esters is 1. The van der Waals surface area contributed by atoms with E-state index >= 15 is 0 Å². The van der Waals surface area contributed by atoms with Crippen LogP contribution >= 0.6 is 11.6 Å². The Bertz CT molecular complexity index is 814. The van der Waals surface area contributed by atoms with Gasteiger partial charge < -0.3 is 4.74 Å². The molecule has 0 fully saturated rings. The third-order valence-electron chi connectivity index (χ3n) is 3.43. The lowest BCUT2D eigenvalue weighted by molar-refractivity contribution is -0.130. The topological polar surface area (TPSA) is 38.7 Å². The minimum absolute atomic E-state index is 0.196. The van der Waals surface area contributed by atoms with Crippen molar-refractivity contribution in [2.45, 2.75) is 12.8 Å². The van der Waals surface area contributed by atoms with Crippen LogP contribution in [0.2, 0.25) is 5.02 Å². The Balaban J connectivity index is 1.74. The number of aliphatic imine (C=N–C) groups is 1. The highest BCUT2D eigenvalue weighted by atomic mass is 35.5. The largest absolute Gasteiger partial charge is 0.407 e. The lowest BCUT2D eigenvalue weighted by Crippen LogP contribution is -2.05. The van der Waals surface area contributed by atoms with E-state index in [0.717, 1.165) is 0 Å². The molecule has 0 saturated carbocycles. The Labute approximate surface area is 138 Å². The fraction of sp³-hybridized carbons (Fsp3) is 0.111. The molecular weight excluding hydrogens is 317 g/mol. The van der Waals surface area contributed by atoms with Gasteiger partial charge in [-0.3, -0.25) is 0 Å². The van der Waals surface area contributed by atoms with Gasteiger partial charge >= 0.3 is 5.97 Å². The molecule has 116 valence electrons. The lowest BCUT2D eigenvalue weighted by Gasteiger charge is -2.01. The Morgan fingerprint density at radius 1 is 1.09 bits per heavy atom. The number of aryl methyl sites for hydroxylation is 1. The van der Waals surface area contributed by atoms with Gasteiger partial charge in [0.25, 0.3) is 0 Å². The van der Waals surface area contributed by atoms with Gasteiger partial charge in [-0.15, -0.1) is 0 Å². The van der Waals surface area contributed by atoms with E-state index in [9.17, 15) is 9.18 Å². The number of carbonyl (C=O) groups excluding carboxylic acids is 1. The van der Waals surface area contributed by atoms with Crippen LogP contribution in [0.25, 0.3) is 6.08 Å². The molecule has 0 spiro atoms. The van der Waals surface area contributed by atoms with Crippen LogP contribution in [0, 0.1) is 5.82 Å². The molecule has 3 rings (SSSR count). The highest BCUT2D eigenvalue weighted by Crippen LogP contribution is 2.22. The van der Waals surface area contributed by atoms with Crippen molar-refractivity contribution in [2.24, 2.45) is 4.99 Å². The summed E-state index contributed by atoms with van der Waals surface area (Å²) in [6, 6.07) is 13.7. The van der Waals surface area contributed by atoms with Gasteiger partial charge in [0.05, 0.1) is 0 Å². The van der Waals surface area contributed by atoms with Gasteiger partial charge in [0.15, 0.2) is 11.6 Å². The molecule has 1 aliphatic heterocycles. The Morgan fingerprint density at radius 2 is 1.83 bits per heavy atom. The van der Waals surface area contributed by atoms with Gasteiger partial charge in [0.2, 0.25) is 0 Å². The van der Waals surface area contributed by atoms with E-state index in [0.29, 0.717) is 29.0 Å². The van der Waals surface area contributed by atoms with Gasteiger partial charge in [-0.25, -0.2) is 14.2 Å². The van der Waals surface area contributed by atoms with Crippen molar-refractivity contribution in [3.63, 3.8) is 0 Å². The van der Waals surface area contributed by atoms with Crippen molar-refractivity contribution < 1.29 is 13.9 Å². The molecule has 0 aromatic heterocycles. The van der Waals surface area contributed by atoms with Gasteiger partial charge in [0, 0.05) is 11.4 Å². The fourth-order valence-corrected chi connectivity index (χ4v) is 2.43. The number of cyclic esters (lactones) is 1. The standard InChI is InChI=1S/C18H13ClFNO2/c19-14-7-3-1-6-13(14)11-16-18(22)23-17(21-16)10-9-12-5-2-4-8-15(12)20/h1-8,11H,9-10H2/b16-11-. The summed E-state index contributed by atoms with van der Waals surface area (Å²) >= 11 is 6.06. The van der Waals surface area contributed by atoms with Gasteiger partial charge in [0.1, 0.15) is 5.82 Å². The first-order valence-electron chi connectivity index (χ1n) is 7.13. The maximum atomic E-state index is 13.6. The maximum absolute atomic E-state index is 13.6. The molecule has 0 aliphatic carbocycles. The third-order valence-corrected chi connectivity index (χ3v) is 3.77. The van der Waals surface area contributed by atoms with Crippen LogP contribution < -0.4 is 0 Å². The molecule has 0 N–H and O–H groups in total. The molecular formula is C18H13ClFNO2. The fourth-order valence-electron chi connectivity index (χ4n) is 2.24. The van der Waals surface area contributed by atoms with Gasteiger partial charge in [-0.1, -0.05) is 48.0 Å². The van der Waals surface area contributed by atoms with Crippen molar-refractivity contribution in [3.05, 3.63) is 76.2 Å². The number of hydrogen-bond acceptors (Lipinski definition) is 3. The first-order valence-corrected chi connectivity index (χ1v) is 7.50. The van der Waals surface area contributed by atoms with E-state index in [1.807, 2.05) is 6.07 Å². The van der Waals surface area contributed by atoms with Gasteiger partial charge in [-0.05, 0) is 35.8 Å². The predicted molar refractivity (Wildman–Crippen MR) is 87.7 cm³/mol. The quantitative estimate of drug-likeness (QED) is 0.615. The van der Waals surface area contributed by atoms with Crippen molar-refractivity contribution in [1.29, 1.82) is 0 Å². The highest BCUT2D eigenvalue weighted by molar-refractivity contribution is 6.32. The average Bonchev–Trinajstić information content (AvgIpc) is 2.89. The number of carbonyl (C=O) groups is 1. The van der Waals surface area contributed by atoms with Crippen LogP contribution in [0.15, 0.2) is 59.2 Å². The first kappa shape index (κ1) is 15.4. The summed E-state index contributed by atoms with van der Waals surface area (Å²) in [6.07, 6.45) is 2.35. The number of rotatable bonds is 4. The van der Waals surface area contributed by atoms with Crippen molar-refractivity contribution in [1.82, 2.24) is 0 Å². The number of nitrogens with zero attached hydrogens (tertiary/aromatic N) is 1. The Hall–Kier alpha value is -2.46. The zero-order valence-electron chi connectivity index (χ0n) is 12.1. The lowest BCUT2D eigenvalue weighted by atomic mass is 10.1. The van der Waals surface area contributed by atoms with Crippen LogP contribution in [-0.2, 0) is 16.0 Å². The summed E-state index contributed by atoms with van der Waals surface area (Å²) in [7, 11) is 0. The van der Waals surface area contributed by atoms with Crippen LogP contribution in [0.4, 0.5) is 4.39 Å². The third kappa shape index (κ3) is 3.66. The molecule has 0 radical (unpaired) electrons. The zero-order valence-corrected chi connectivity index (χ0v) is 12.9. The molecule has 2 aromatic carbocycles.